The molecule has 0 bridgehead atoms. The average Bonchev–Trinajstić information content (AvgIpc) is 2.57. The smallest absolute Gasteiger partial charge is 0.327 e. The van der Waals surface area contributed by atoms with Crippen LogP contribution in [0.5, 0.6) is 0 Å². The van der Waals surface area contributed by atoms with Gasteiger partial charge >= 0.3 is 11.9 Å². The highest BCUT2D eigenvalue weighted by atomic mass is 32.2. The number of carbonyl (C=O) groups excluding carboxylic acids is 2. The van der Waals surface area contributed by atoms with Gasteiger partial charge in [-0.25, -0.2) is 4.79 Å². The van der Waals surface area contributed by atoms with Crippen molar-refractivity contribution in [3.63, 3.8) is 0 Å². The number of nitrogens with one attached hydrogen (secondary N) is 1. The first-order chi connectivity index (χ1) is 7.50. The zero-order chi connectivity index (χ0) is 12.1. The first-order valence-electron chi connectivity index (χ1n) is 4.79. The highest BCUT2D eigenvalue weighted by molar-refractivity contribution is 8.00. The van der Waals surface area contributed by atoms with E-state index in [-0.39, 0.29) is 17.0 Å². The molecular formula is C9H13NO5S. The summed E-state index contributed by atoms with van der Waals surface area (Å²) in [4.78, 5) is 32.6. The van der Waals surface area contributed by atoms with Crippen LogP contribution in [0.25, 0.3) is 0 Å². The van der Waals surface area contributed by atoms with Crippen LogP contribution < -0.4 is 5.32 Å². The Morgan fingerprint density at radius 2 is 2.38 bits per heavy atom. The summed E-state index contributed by atoms with van der Waals surface area (Å²) in [5.41, 5.74) is 0. The second-order valence-electron chi connectivity index (χ2n) is 3.37. The van der Waals surface area contributed by atoms with Gasteiger partial charge in [0, 0.05) is 19.1 Å². The fourth-order valence-electron chi connectivity index (χ4n) is 1.26. The van der Waals surface area contributed by atoms with Gasteiger partial charge in [-0.2, -0.15) is 0 Å². The number of hydrogen-bond donors (Lipinski definition) is 2. The van der Waals surface area contributed by atoms with Gasteiger partial charge in [-0.1, -0.05) is 0 Å². The first-order valence-corrected chi connectivity index (χ1v) is 5.83. The Morgan fingerprint density at radius 3 is 2.81 bits per heavy atom. The van der Waals surface area contributed by atoms with Gasteiger partial charge < -0.3 is 15.2 Å². The Bertz CT molecular complexity index is 306. The van der Waals surface area contributed by atoms with Crippen molar-refractivity contribution >= 4 is 29.6 Å². The van der Waals surface area contributed by atoms with Gasteiger partial charge in [0.25, 0.3) is 0 Å². The Kier molecular flexibility index (Phi) is 4.60. The number of rotatable bonds is 5. The van der Waals surface area contributed by atoms with E-state index in [9.17, 15) is 14.4 Å². The molecule has 1 heterocycles. The fourth-order valence-corrected chi connectivity index (χ4v) is 2.38. The Balaban J connectivity index is 2.40. The third kappa shape index (κ3) is 3.73. The SMILES string of the molecule is CC(=O)N[C@@H](CSC1CCOC1=O)C(=O)O. The average molecular weight is 247 g/mol. The lowest BCUT2D eigenvalue weighted by molar-refractivity contribution is -0.141. The highest BCUT2D eigenvalue weighted by Crippen LogP contribution is 2.22. The van der Waals surface area contributed by atoms with E-state index < -0.39 is 17.9 Å². The van der Waals surface area contributed by atoms with E-state index in [0.29, 0.717) is 13.0 Å². The lowest BCUT2D eigenvalue weighted by Crippen LogP contribution is -2.42. The number of hydrogen-bond acceptors (Lipinski definition) is 5. The van der Waals surface area contributed by atoms with E-state index in [0.717, 1.165) is 0 Å². The van der Waals surface area contributed by atoms with Crippen LogP contribution in [0.15, 0.2) is 0 Å². The summed E-state index contributed by atoms with van der Waals surface area (Å²) in [5, 5.41) is 10.8. The van der Waals surface area contributed by atoms with Gasteiger partial charge in [0.15, 0.2) is 0 Å². The van der Waals surface area contributed by atoms with Crippen molar-refractivity contribution in [1.29, 1.82) is 0 Å². The van der Waals surface area contributed by atoms with Crippen LogP contribution in [-0.4, -0.2) is 46.6 Å². The Morgan fingerprint density at radius 1 is 1.69 bits per heavy atom. The zero-order valence-corrected chi connectivity index (χ0v) is 9.58. The molecule has 90 valence electrons. The largest absolute Gasteiger partial charge is 0.480 e. The van der Waals surface area contributed by atoms with Crippen LogP contribution in [0, 0.1) is 0 Å². The standard InChI is InChI=1S/C9H13NO5S/c1-5(11)10-6(8(12)13)4-16-7-2-3-15-9(7)14/h6-7H,2-4H2,1H3,(H,10,11)(H,12,13)/t6-,7?/m0/s1. The number of esters is 1. The second kappa shape index (κ2) is 5.74. The minimum absolute atomic E-state index is 0.161. The van der Waals surface area contributed by atoms with Crippen molar-refractivity contribution in [2.75, 3.05) is 12.4 Å². The quantitative estimate of drug-likeness (QED) is 0.644. The van der Waals surface area contributed by atoms with Crippen LogP contribution in [0.1, 0.15) is 13.3 Å². The molecule has 0 aromatic carbocycles. The van der Waals surface area contributed by atoms with Crippen molar-refractivity contribution < 1.29 is 24.2 Å². The predicted molar refractivity (Wildman–Crippen MR) is 57.1 cm³/mol. The molecule has 0 aromatic rings. The van der Waals surface area contributed by atoms with Gasteiger partial charge in [0.05, 0.1) is 6.61 Å². The molecular weight excluding hydrogens is 234 g/mol. The monoisotopic (exact) mass is 247 g/mol. The minimum atomic E-state index is -1.10. The molecule has 1 amide bonds. The van der Waals surface area contributed by atoms with Gasteiger partial charge in [0.2, 0.25) is 5.91 Å². The number of carboxylic acid groups (broad SMARTS) is 1. The molecule has 0 radical (unpaired) electrons. The predicted octanol–water partition coefficient (Wildman–Crippen LogP) is -0.376. The fraction of sp³-hybridized carbons (Fsp3) is 0.667. The summed E-state index contributed by atoms with van der Waals surface area (Å²) in [6, 6.07) is -0.962. The normalized spacial score (nSPS) is 21.3. The Labute approximate surface area is 96.7 Å². The number of thioether (sulfide) groups is 1. The van der Waals surface area contributed by atoms with E-state index in [2.05, 4.69) is 5.32 Å². The molecule has 1 unspecified atom stereocenters. The zero-order valence-electron chi connectivity index (χ0n) is 8.76. The number of carbonyl (C=O) groups is 3. The topological polar surface area (TPSA) is 92.7 Å². The number of aliphatic carboxylic acids is 1. The molecule has 1 fully saturated rings. The van der Waals surface area contributed by atoms with E-state index >= 15 is 0 Å². The van der Waals surface area contributed by atoms with Crippen molar-refractivity contribution in [1.82, 2.24) is 5.32 Å². The third-order valence-corrected chi connectivity index (χ3v) is 3.38. The van der Waals surface area contributed by atoms with Crippen LogP contribution >= 0.6 is 11.8 Å². The van der Waals surface area contributed by atoms with Crippen molar-refractivity contribution in [3.8, 4) is 0 Å². The maximum atomic E-state index is 11.1. The maximum absolute atomic E-state index is 11.1. The maximum Gasteiger partial charge on any atom is 0.327 e. The highest BCUT2D eigenvalue weighted by Gasteiger charge is 2.29. The summed E-state index contributed by atoms with van der Waals surface area (Å²) < 4.78 is 4.74. The lowest BCUT2D eigenvalue weighted by atomic mass is 10.3. The molecule has 0 spiro atoms. The van der Waals surface area contributed by atoms with Crippen LogP contribution in [0.4, 0.5) is 0 Å². The number of ether oxygens (including phenoxy) is 1. The van der Waals surface area contributed by atoms with Gasteiger partial charge in [-0.15, -0.1) is 11.8 Å². The van der Waals surface area contributed by atoms with Crippen molar-refractivity contribution in [3.05, 3.63) is 0 Å². The molecule has 1 saturated heterocycles. The molecule has 1 aliphatic rings. The van der Waals surface area contributed by atoms with Gasteiger partial charge in [0.1, 0.15) is 11.3 Å². The van der Waals surface area contributed by atoms with Gasteiger partial charge in [-0.05, 0) is 0 Å². The molecule has 1 rings (SSSR count). The van der Waals surface area contributed by atoms with Crippen molar-refractivity contribution in [2.45, 2.75) is 24.6 Å². The number of cyclic esters (lactones) is 1. The van der Waals surface area contributed by atoms with E-state index in [1.54, 1.807) is 0 Å². The van der Waals surface area contributed by atoms with E-state index in [4.69, 9.17) is 9.84 Å². The molecule has 16 heavy (non-hydrogen) atoms. The van der Waals surface area contributed by atoms with Crippen LogP contribution in [0.3, 0.4) is 0 Å². The molecule has 0 aromatic heterocycles. The summed E-state index contributed by atoms with van der Waals surface area (Å²) in [7, 11) is 0. The minimum Gasteiger partial charge on any atom is -0.480 e. The summed E-state index contributed by atoms with van der Waals surface area (Å²) >= 11 is 1.20. The molecule has 1 aliphatic heterocycles. The summed E-state index contributed by atoms with van der Waals surface area (Å²) in [6.45, 7) is 1.64. The Hall–Kier alpha value is -1.24. The molecule has 0 aliphatic carbocycles. The summed E-state index contributed by atoms with van der Waals surface area (Å²) in [5.74, 6) is -1.65. The third-order valence-electron chi connectivity index (χ3n) is 2.03. The lowest BCUT2D eigenvalue weighted by Gasteiger charge is -2.13. The van der Waals surface area contributed by atoms with E-state index in [1.807, 2.05) is 0 Å². The molecule has 0 saturated carbocycles. The molecule has 6 nitrogen and oxygen atoms in total. The second-order valence-corrected chi connectivity index (χ2v) is 4.61. The summed E-state index contributed by atoms with van der Waals surface area (Å²) in [6.07, 6.45) is 0.593. The van der Waals surface area contributed by atoms with E-state index in [1.165, 1.54) is 18.7 Å². The van der Waals surface area contributed by atoms with Crippen molar-refractivity contribution in [2.24, 2.45) is 0 Å². The first kappa shape index (κ1) is 12.8. The van der Waals surface area contributed by atoms with Crippen LogP contribution in [-0.2, 0) is 19.1 Å². The van der Waals surface area contributed by atoms with Gasteiger partial charge in [-0.3, -0.25) is 9.59 Å². The van der Waals surface area contributed by atoms with Crippen LogP contribution in [0.2, 0.25) is 0 Å². The number of carboxylic acids is 1. The molecule has 2 N–H and O–H groups in total. The number of amides is 1. The molecule has 7 heteroatoms. The molecule has 2 atom stereocenters.